The van der Waals surface area contributed by atoms with Gasteiger partial charge in [0.25, 0.3) is 0 Å². The Morgan fingerprint density at radius 2 is 1.90 bits per heavy atom. The van der Waals surface area contributed by atoms with Crippen molar-refractivity contribution >= 4 is 35.1 Å². The van der Waals surface area contributed by atoms with Crippen molar-refractivity contribution in [1.82, 2.24) is 4.90 Å². The monoisotopic (exact) mass is 438 g/mol. The molecule has 2 aliphatic rings. The van der Waals surface area contributed by atoms with Gasteiger partial charge in [-0.2, -0.15) is 13.2 Å². The SMILES string of the molecule is O=C1O[C@H](N2C(=O)CC[C@H]2C(=O)Nc2cc(C(F)(F)F)ccc2Cl)c2ccccc21. The smallest absolute Gasteiger partial charge is 0.416 e. The lowest BCUT2D eigenvalue weighted by molar-refractivity contribution is -0.144. The van der Waals surface area contributed by atoms with E-state index in [0.29, 0.717) is 11.1 Å². The third-order valence-electron chi connectivity index (χ3n) is 5.03. The van der Waals surface area contributed by atoms with Gasteiger partial charge in [-0.1, -0.05) is 29.8 Å². The number of cyclic esters (lactones) is 1. The number of hydrogen-bond acceptors (Lipinski definition) is 4. The van der Waals surface area contributed by atoms with E-state index in [1.165, 1.54) is 0 Å². The molecule has 1 N–H and O–H groups in total. The summed E-state index contributed by atoms with van der Waals surface area (Å²) in [5.41, 5.74) is -0.449. The maximum Gasteiger partial charge on any atom is 0.416 e. The first-order valence-electron chi connectivity index (χ1n) is 8.95. The number of nitrogens with zero attached hydrogens (tertiary/aromatic N) is 1. The topological polar surface area (TPSA) is 75.7 Å². The fraction of sp³-hybridized carbons (Fsp3) is 0.250. The Balaban J connectivity index is 1.61. The maximum absolute atomic E-state index is 13.0. The standard InChI is InChI=1S/C20H14ClF3N2O4/c21-13-6-5-10(20(22,23)24)9-14(13)25-17(28)15-7-8-16(27)26(15)18-11-3-1-2-4-12(11)19(29)30-18/h1-6,9,15,18H,7-8H2,(H,25,28)/t15-,18-/m0/s1. The van der Waals surface area contributed by atoms with E-state index in [-0.39, 0.29) is 23.6 Å². The first-order valence-corrected chi connectivity index (χ1v) is 9.33. The van der Waals surface area contributed by atoms with E-state index < -0.39 is 41.8 Å². The normalized spacial score (nSPS) is 20.9. The van der Waals surface area contributed by atoms with E-state index in [9.17, 15) is 27.6 Å². The van der Waals surface area contributed by atoms with Crippen LogP contribution in [0.4, 0.5) is 18.9 Å². The zero-order valence-corrected chi connectivity index (χ0v) is 16.0. The summed E-state index contributed by atoms with van der Waals surface area (Å²) in [7, 11) is 0. The van der Waals surface area contributed by atoms with E-state index in [4.69, 9.17) is 16.3 Å². The number of carbonyl (C=O) groups is 3. The molecule has 6 nitrogen and oxygen atoms in total. The number of fused-ring (bicyclic) bond motifs is 1. The van der Waals surface area contributed by atoms with Crippen molar-refractivity contribution in [2.75, 3.05) is 5.32 Å². The van der Waals surface area contributed by atoms with Crippen LogP contribution in [0.15, 0.2) is 42.5 Å². The van der Waals surface area contributed by atoms with Crippen LogP contribution in [-0.2, 0) is 20.5 Å². The van der Waals surface area contributed by atoms with Gasteiger partial charge in [0.05, 0.1) is 21.8 Å². The lowest BCUT2D eigenvalue weighted by atomic mass is 10.1. The van der Waals surface area contributed by atoms with Crippen molar-refractivity contribution in [3.05, 3.63) is 64.2 Å². The number of halogens is 4. The summed E-state index contributed by atoms with van der Waals surface area (Å²) in [6.45, 7) is 0. The van der Waals surface area contributed by atoms with Gasteiger partial charge in [0, 0.05) is 12.0 Å². The Morgan fingerprint density at radius 3 is 2.63 bits per heavy atom. The number of nitrogens with one attached hydrogen (secondary N) is 1. The van der Waals surface area contributed by atoms with Crippen LogP contribution in [0.1, 0.15) is 40.6 Å². The van der Waals surface area contributed by atoms with Crippen LogP contribution >= 0.6 is 11.6 Å². The molecule has 156 valence electrons. The highest BCUT2D eigenvalue weighted by Gasteiger charge is 2.46. The minimum atomic E-state index is -4.61. The van der Waals surface area contributed by atoms with Crippen molar-refractivity contribution < 1.29 is 32.3 Å². The molecule has 4 rings (SSSR count). The molecule has 2 aliphatic heterocycles. The van der Waals surface area contributed by atoms with Crippen molar-refractivity contribution in [3.8, 4) is 0 Å². The highest BCUT2D eigenvalue weighted by molar-refractivity contribution is 6.33. The van der Waals surface area contributed by atoms with Gasteiger partial charge in [-0.15, -0.1) is 0 Å². The Kier molecular flexibility index (Phi) is 4.93. The van der Waals surface area contributed by atoms with Gasteiger partial charge in [-0.25, -0.2) is 4.79 Å². The molecule has 2 amide bonds. The number of esters is 1. The van der Waals surface area contributed by atoms with Crippen LogP contribution in [-0.4, -0.2) is 28.7 Å². The summed E-state index contributed by atoms with van der Waals surface area (Å²) in [6, 6.07) is 8.02. The molecular weight excluding hydrogens is 425 g/mol. The average Bonchev–Trinajstić information content (AvgIpc) is 3.23. The molecule has 1 fully saturated rings. The van der Waals surface area contributed by atoms with E-state index in [0.717, 1.165) is 23.1 Å². The van der Waals surface area contributed by atoms with Crippen molar-refractivity contribution in [1.29, 1.82) is 0 Å². The lowest BCUT2D eigenvalue weighted by Crippen LogP contribution is -2.43. The van der Waals surface area contributed by atoms with Crippen LogP contribution in [0, 0.1) is 0 Å². The number of anilines is 1. The van der Waals surface area contributed by atoms with Crippen LogP contribution in [0.25, 0.3) is 0 Å². The summed E-state index contributed by atoms with van der Waals surface area (Å²) in [4.78, 5) is 38.6. The molecule has 0 unspecified atom stereocenters. The molecule has 0 aliphatic carbocycles. The number of ether oxygens (including phenoxy) is 1. The van der Waals surface area contributed by atoms with Gasteiger partial charge >= 0.3 is 12.1 Å². The fourth-order valence-corrected chi connectivity index (χ4v) is 3.77. The largest absolute Gasteiger partial charge is 0.433 e. The number of rotatable bonds is 3. The maximum atomic E-state index is 13.0. The van der Waals surface area contributed by atoms with Crippen LogP contribution in [0.5, 0.6) is 0 Å². The molecule has 10 heteroatoms. The molecule has 2 atom stereocenters. The van der Waals surface area contributed by atoms with Crippen molar-refractivity contribution in [2.45, 2.75) is 31.3 Å². The molecule has 1 saturated heterocycles. The zero-order chi connectivity index (χ0) is 21.6. The molecule has 0 saturated carbocycles. The van der Waals surface area contributed by atoms with E-state index in [1.807, 2.05) is 0 Å². The van der Waals surface area contributed by atoms with Gasteiger partial charge in [-0.3, -0.25) is 14.5 Å². The summed E-state index contributed by atoms with van der Waals surface area (Å²) >= 11 is 5.94. The zero-order valence-electron chi connectivity index (χ0n) is 15.2. The predicted octanol–water partition coefficient (Wildman–Crippen LogP) is 4.16. The van der Waals surface area contributed by atoms with Gasteiger partial charge in [0.1, 0.15) is 6.04 Å². The van der Waals surface area contributed by atoms with Gasteiger partial charge < -0.3 is 10.1 Å². The van der Waals surface area contributed by atoms with Gasteiger partial charge in [0.15, 0.2) is 0 Å². The highest BCUT2D eigenvalue weighted by Crippen LogP contribution is 2.39. The van der Waals surface area contributed by atoms with E-state index in [1.54, 1.807) is 24.3 Å². The number of alkyl halides is 3. The summed E-state index contributed by atoms with van der Waals surface area (Å²) in [6.07, 6.45) is -5.53. The molecular formula is C20H14ClF3N2O4. The summed E-state index contributed by atoms with van der Waals surface area (Å²) in [5, 5.41) is 2.29. The number of amides is 2. The van der Waals surface area contributed by atoms with Crippen molar-refractivity contribution in [2.24, 2.45) is 0 Å². The number of likely N-dealkylation sites (tertiary alicyclic amines) is 1. The van der Waals surface area contributed by atoms with Crippen LogP contribution in [0.2, 0.25) is 5.02 Å². The third-order valence-corrected chi connectivity index (χ3v) is 5.36. The minimum Gasteiger partial charge on any atom is -0.433 e. The van der Waals surface area contributed by atoms with E-state index in [2.05, 4.69) is 5.32 Å². The second-order valence-electron chi connectivity index (χ2n) is 6.88. The molecule has 2 aromatic carbocycles. The molecule has 30 heavy (non-hydrogen) atoms. The molecule has 0 aromatic heterocycles. The second kappa shape index (κ2) is 7.32. The molecule has 0 spiro atoms. The van der Waals surface area contributed by atoms with Crippen LogP contribution in [0.3, 0.4) is 0 Å². The Labute approximate surface area is 173 Å². The van der Waals surface area contributed by atoms with E-state index >= 15 is 0 Å². The second-order valence-corrected chi connectivity index (χ2v) is 7.29. The summed E-state index contributed by atoms with van der Waals surface area (Å²) in [5.74, 6) is -1.74. The average molecular weight is 439 g/mol. The van der Waals surface area contributed by atoms with Crippen molar-refractivity contribution in [3.63, 3.8) is 0 Å². The Morgan fingerprint density at radius 1 is 1.17 bits per heavy atom. The van der Waals surface area contributed by atoms with Crippen LogP contribution < -0.4 is 5.32 Å². The Bertz CT molecular complexity index is 1060. The third kappa shape index (κ3) is 3.49. The number of hydrogen-bond donors (Lipinski definition) is 1. The molecule has 0 bridgehead atoms. The number of carbonyl (C=O) groups excluding carboxylic acids is 3. The minimum absolute atomic E-state index is 0.0324. The molecule has 0 radical (unpaired) electrons. The Hall–Kier alpha value is -3.07. The van der Waals surface area contributed by atoms with Gasteiger partial charge in [-0.05, 0) is 30.7 Å². The fourth-order valence-electron chi connectivity index (χ4n) is 3.60. The molecule has 2 aromatic rings. The highest BCUT2D eigenvalue weighted by atomic mass is 35.5. The first kappa shape index (κ1) is 20.2. The predicted molar refractivity (Wildman–Crippen MR) is 99.6 cm³/mol. The quantitative estimate of drug-likeness (QED) is 0.730. The van der Waals surface area contributed by atoms with Gasteiger partial charge in [0.2, 0.25) is 18.0 Å². The summed E-state index contributed by atoms with van der Waals surface area (Å²) < 4.78 is 44.2. The lowest BCUT2D eigenvalue weighted by Gasteiger charge is -2.29. The first-order chi connectivity index (χ1) is 14.2. The number of benzene rings is 2. The molecule has 2 heterocycles.